The average Bonchev–Trinajstić information content (AvgIpc) is 2.64. The molecule has 0 unspecified atom stereocenters. The van der Waals surface area contributed by atoms with E-state index in [9.17, 15) is 9.18 Å². The third-order valence-electron chi connectivity index (χ3n) is 4.14. The van der Waals surface area contributed by atoms with Crippen molar-refractivity contribution >= 4 is 23.2 Å². The first-order valence-corrected chi connectivity index (χ1v) is 8.79. The van der Waals surface area contributed by atoms with Crippen molar-refractivity contribution in [3.8, 4) is 11.5 Å². The summed E-state index contributed by atoms with van der Waals surface area (Å²) in [5.74, 6) is 0.653. The maximum Gasteiger partial charge on any atom is 0.316 e. The van der Waals surface area contributed by atoms with E-state index < -0.39 is 11.4 Å². The van der Waals surface area contributed by atoms with E-state index in [-0.39, 0.29) is 17.3 Å². The minimum atomic E-state index is -0.510. The lowest BCUT2D eigenvalue weighted by molar-refractivity contribution is 0.402. The Morgan fingerprint density at radius 1 is 1.18 bits per heavy atom. The van der Waals surface area contributed by atoms with Crippen LogP contribution in [0.25, 0.3) is 0 Å². The molecule has 0 radical (unpaired) electrons. The maximum atomic E-state index is 13.7. The monoisotopic (exact) mass is 403 g/mol. The Morgan fingerprint density at radius 2 is 1.96 bits per heavy atom. The molecule has 0 saturated heterocycles. The van der Waals surface area contributed by atoms with Crippen LogP contribution in [-0.2, 0) is 6.54 Å². The third-order valence-corrected chi connectivity index (χ3v) is 4.36. The molecule has 1 N–H and O–H groups in total. The number of halogens is 2. The predicted molar refractivity (Wildman–Crippen MR) is 107 cm³/mol. The van der Waals surface area contributed by atoms with Crippen LogP contribution in [0.4, 0.5) is 16.0 Å². The number of hydrogen-bond acceptors (Lipinski definition) is 5. The number of aryl methyl sites for hydroxylation is 1. The van der Waals surface area contributed by atoms with E-state index in [2.05, 4.69) is 10.3 Å². The zero-order valence-corrected chi connectivity index (χ0v) is 16.4. The van der Waals surface area contributed by atoms with Crippen LogP contribution >= 0.6 is 11.6 Å². The van der Waals surface area contributed by atoms with Crippen LogP contribution in [0.15, 0.2) is 47.4 Å². The number of hydrogen-bond donors (Lipinski definition) is 1. The van der Waals surface area contributed by atoms with E-state index in [0.29, 0.717) is 11.5 Å². The quantitative estimate of drug-likeness (QED) is 0.669. The van der Waals surface area contributed by atoms with Crippen LogP contribution in [0.1, 0.15) is 11.1 Å². The Labute approximate surface area is 166 Å². The minimum absolute atomic E-state index is 0.0829. The Hall–Kier alpha value is -3.06. The second-order valence-electron chi connectivity index (χ2n) is 6.15. The summed E-state index contributed by atoms with van der Waals surface area (Å²) in [5.41, 5.74) is 1.77. The highest BCUT2D eigenvalue weighted by Crippen LogP contribution is 2.25. The fraction of sp³-hybridized carbons (Fsp3) is 0.200. The summed E-state index contributed by atoms with van der Waals surface area (Å²) in [5, 5.41) is 3.44. The fourth-order valence-electron chi connectivity index (χ4n) is 2.76. The van der Waals surface area contributed by atoms with Crippen molar-refractivity contribution < 1.29 is 13.9 Å². The van der Waals surface area contributed by atoms with Gasteiger partial charge in [-0.15, -0.1) is 0 Å². The minimum Gasteiger partial charge on any atom is -0.497 e. The Balaban J connectivity index is 2.02. The van der Waals surface area contributed by atoms with Gasteiger partial charge in [-0.25, -0.2) is 4.39 Å². The van der Waals surface area contributed by atoms with Crippen molar-refractivity contribution in [2.24, 2.45) is 0 Å². The van der Waals surface area contributed by atoms with Gasteiger partial charge in [-0.3, -0.25) is 4.79 Å². The van der Waals surface area contributed by atoms with Crippen molar-refractivity contribution in [2.45, 2.75) is 13.5 Å². The van der Waals surface area contributed by atoms with Crippen LogP contribution in [0.2, 0.25) is 5.02 Å². The highest BCUT2D eigenvalue weighted by Gasteiger charge is 2.12. The number of rotatable bonds is 6. The summed E-state index contributed by atoms with van der Waals surface area (Å²) in [6.07, 6.45) is 1.52. The number of nitrogens with zero attached hydrogens (tertiary/aromatic N) is 2. The van der Waals surface area contributed by atoms with Gasteiger partial charge >= 0.3 is 5.56 Å². The van der Waals surface area contributed by atoms with E-state index in [1.165, 1.54) is 25.4 Å². The van der Waals surface area contributed by atoms with Gasteiger partial charge in [0.05, 0.1) is 27.0 Å². The maximum absolute atomic E-state index is 13.7. The molecule has 0 aliphatic rings. The smallest absolute Gasteiger partial charge is 0.316 e. The molecular weight excluding hydrogens is 385 g/mol. The van der Waals surface area contributed by atoms with Crippen molar-refractivity contribution in [1.82, 2.24) is 9.55 Å². The molecule has 0 saturated carbocycles. The van der Waals surface area contributed by atoms with Crippen LogP contribution < -0.4 is 20.3 Å². The molecule has 1 heterocycles. The summed E-state index contributed by atoms with van der Waals surface area (Å²) in [7, 11) is 2.98. The summed E-state index contributed by atoms with van der Waals surface area (Å²) in [6, 6.07) is 9.74. The van der Waals surface area contributed by atoms with Gasteiger partial charge in [-0.1, -0.05) is 11.6 Å². The highest BCUT2D eigenvalue weighted by molar-refractivity contribution is 6.30. The number of methoxy groups -OCH3 is 2. The van der Waals surface area contributed by atoms with Gasteiger partial charge in [0.25, 0.3) is 0 Å². The zero-order chi connectivity index (χ0) is 20.3. The SMILES string of the molecule is COc1ccc(Nc2nc(=O)c(OC)cn2Cc2cc(F)cc(Cl)c2)c(C)c1. The molecule has 2 aromatic carbocycles. The van der Waals surface area contributed by atoms with Crippen LogP contribution in [0, 0.1) is 12.7 Å². The first kappa shape index (κ1) is 19.7. The lowest BCUT2D eigenvalue weighted by atomic mass is 10.2. The molecule has 0 atom stereocenters. The normalized spacial score (nSPS) is 10.6. The lowest BCUT2D eigenvalue weighted by Gasteiger charge is -2.17. The molecule has 0 bridgehead atoms. The van der Waals surface area contributed by atoms with Crippen LogP contribution in [-0.4, -0.2) is 23.8 Å². The summed E-state index contributed by atoms with van der Waals surface area (Å²) in [6.45, 7) is 2.14. The molecule has 3 aromatic rings. The van der Waals surface area contributed by atoms with Gasteiger partial charge < -0.3 is 19.4 Å². The van der Waals surface area contributed by atoms with E-state index in [0.717, 1.165) is 17.0 Å². The molecule has 0 spiro atoms. The molecule has 146 valence electrons. The first-order chi connectivity index (χ1) is 13.4. The molecular formula is C20H19ClFN3O3. The van der Waals surface area contributed by atoms with Crippen molar-refractivity contribution in [3.63, 3.8) is 0 Å². The van der Waals surface area contributed by atoms with E-state index in [1.54, 1.807) is 23.8 Å². The number of nitrogens with one attached hydrogen (secondary N) is 1. The van der Waals surface area contributed by atoms with E-state index >= 15 is 0 Å². The Kier molecular flexibility index (Phi) is 5.84. The largest absolute Gasteiger partial charge is 0.497 e. The van der Waals surface area contributed by atoms with Crippen molar-refractivity contribution in [3.05, 3.63) is 74.9 Å². The van der Waals surface area contributed by atoms with Crippen molar-refractivity contribution in [1.29, 1.82) is 0 Å². The standard InChI is InChI=1S/C20H19ClFN3O3/c1-12-6-16(27-2)4-5-17(12)23-20-24-19(26)18(28-3)11-25(20)10-13-7-14(21)9-15(22)8-13/h4-9,11H,10H2,1-3H3,(H,23,24,26). The van der Waals surface area contributed by atoms with Crippen molar-refractivity contribution in [2.75, 3.05) is 19.5 Å². The number of aromatic nitrogens is 2. The number of benzene rings is 2. The van der Waals surface area contributed by atoms with Gasteiger partial charge in [0.15, 0.2) is 0 Å². The molecule has 6 nitrogen and oxygen atoms in total. The average molecular weight is 404 g/mol. The zero-order valence-electron chi connectivity index (χ0n) is 15.6. The van der Waals surface area contributed by atoms with Crippen LogP contribution in [0.3, 0.4) is 0 Å². The molecule has 0 aliphatic carbocycles. The number of ether oxygens (including phenoxy) is 2. The topological polar surface area (TPSA) is 65.4 Å². The molecule has 3 rings (SSSR count). The number of anilines is 2. The summed E-state index contributed by atoms with van der Waals surface area (Å²) < 4.78 is 25.7. The van der Waals surface area contributed by atoms with Gasteiger partial charge in [-0.2, -0.15) is 4.98 Å². The van der Waals surface area contributed by atoms with Crippen LogP contribution in [0.5, 0.6) is 11.5 Å². The van der Waals surface area contributed by atoms with E-state index in [4.69, 9.17) is 21.1 Å². The van der Waals surface area contributed by atoms with Gasteiger partial charge in [0, 0.05) is 10.7 Å². The first-order valence-electron chi connectivity index (χ1n) is 8.41. The third kappa shape index (κ3) is 4.43. The molecule has 0 aliphatic heterocycles. The molecule has 0 fully saturated rings. The van der Waals surface area contributed by atoms with E-state index in [1.807, 2.05) is 19.1 Å². The lowest BCUT2D eigenvalue weighted by Crippen LogP contribution is -2.19. The molecule has 0 amide bonds. The second kappa shape index (κ2) is 8.31. The summed E-state index contributed by atoms with van der Waals surface area (Å²) in [4.78, 5) is 16.2. The fourth-order valence-corrected chi connectivity index (χ4v) is 3.00. The molecule has 8 heteroatoms. The molecule has 1 aromatic heterocycles. The predicted octanol–water partition coefficient (Wildman–Crippen LogP) is 4.15. The summed E-state index contributed by atoms with van der Waals surface area (Å²) >= 11 is 5.95. The second-order valence-corrected chi connectivity index (χ2v) is 6.59. The Bertz CT molecular complexity index is 1050. The van der Waals surface area contributed by atoms with Gasteiger partial charge in [0.2, 0.25) is 11.7 Å². The van der Waals surface area contributed by atoms with Gasteiger partial charge in [0.1, 0.15) is 11.6 Å². The Morgan fingerprint density at radius 3 is 2.61 bits per heavy atom. The highest BCUT2D eigenvalue weighted by atomic mass is 35.5. The molecule has 28 heavy (non-hydrogen) atoms. The van der Waals surface area contributed by atoms with Gasteiger partial charge in [-0.05, 0) is 54.4 Å².